The molecule has 3 rings (SSSR count). The van der Waals surface area contributed by atoms with Crippen LogP contribution in [0.5, 0.6) is 0 Å². The number of aromatic nitrogens is 2. The molecule has 1 aliphatic rings. The maximum absolute atomic E-state index is 11.1. The van der Waals surface area contributed by atoms with E-state index in [4.69, 9.17) is 5.73 Å². The number of nitrogen functional groups attached to an aromatic ring is 1. The average molecular weight is 268 g/mol. The fraction of sp³-hybridized carbons (Fsp3) is 0.267. The molecule has 2 aromatic rings. The van der Waals surface area contributed by atoms with Crippen molar-refractivity contribution in [2.75, 3.05) is 11.1 Å². The molecular weight excluding hydrogens is 252 g/mol. The lowest BCUT2D eigenvalue weighted by molar-refractivity contribution is 0.112. The molecule has 0 saturated heterocycles. The van der Waals surface area contributed by atoms with Crippen LogP contribution in [0.2, 0.25) is 0 Å². The first-order valence-corrected chi connectivity index (χ1v) is 6.69. The van der Waals surface area contributed by atoms with E-state index in [1.54, 1.807) is 0 Å². The van der Waals surface area contributed by atoms with Gasteiger partial charge in [0.1, 0.15) is 18.0 Å². The van der Waals surface area contributed by atoms with Gasteiger partial charge in [-0.25, -0.2) is 9.97 Å². The summed E-state index contributed by atoms with van der Waals surface area (Å²) in [5, 5.41) is 3.34. The molecule has 3 N–H and O–H groups in total. The standard InChI is InChI=1S/C15H16N4O/c16-14-12(8-20)15(18-9-17-14)19-13-7-3-5-10-4-1-2-6-11(10)13/h1-2,4,6,8-9,13H,3,5,7H2,(H3,16,17,18,19). The normalized spacial score (nSPS) is 17.3. The van der Waals surface area contributed by atoms with Gasteiger partial charge in [-0.2, -0.15) is 0 Å². The molecule has 0 fully saturated rings. The molecule has 1 heterocycles. The summed E-state index contributed by atoms with van der Waals surface area (Å²) in [6.07, 6.45) is 5.30. The average Bonchev–Trinajstić information content (AvgIpc) is 2.48. The number of nitrogens with zero attached hydrogens (tertiary/aromatic N) is 2. The van der Waals surface area contributed by atoms with E-state index in [2.05, 4.69) is 33.5 Å². The van der Waals surface area contributed by atoms with Crippen LogP contribution in [0.1, 0.15) is 40.4 Å². The quantitative estimate of drug-likeness (QED) is 0.835. The highest BCUT2D eigenvalue weighted by atomic mass is 16.1. The number of aryl methyl sites for hydroxylation is 1. The molecule has 1 aromatic carbocycles. The Kier molecular flexibility index (Phi) is 3.33. The van der Waals surface area contributed by atoms with Crippen molar-refractivity contribution in [2.45, 2.75) is 25.3 Å². The molecule has 0 aliphatic heterocycles. The molecule has 0 radical (unpaired) electrons. The molecule has 5 nitrogen and oxygen atoms in total. The van der Waals surface area contributed by atoms with E-state index in [1.165, 1.54) is 17.5 Å². The number of hydrogen-bond acceptors (Lipinski definition) is 5. The summed E-state index contributed by atoms with van der Waals surface area (Å²) in [6.45, 7) is 0. The van der Waals surface area contributed by atoms with Crippen LogP contribution in [0.15, 0.2) is 30.6 Å². The summed E-state index contributed by atoms with van der Waals surface area (Å²) in [6, 6.07) is 8.53. The summed E-state index contributed by atoms with van der Waals surface area (Å²) in [5.41, 5.74) is 8.66. The lowest BCUT2D eigenvalue weighted by Crippen LogP contribution is -2.19. The van der Waals surface area contributed by atoms with E-state index in [0.717, 1.165) is 19.3 Å². The minimum absolute atomic E-state index is 0.160. The number of anilines is 2. The van der Waals surface area contributed by atoms with E-state index in [-0.39, 0.29) is 11.9 Å². The van der Waals surface area contributed by atoms with Gasteiger partial charge < -0.3 is 11.1 Å². The number of benzene rings is 1. The van der Waals surface area contributed by atoms with Gasteiger partial charge in [-0.15, -0.1) is 0 Å². The van der Waals surface area contributed by atoms with Crippen LogP contribution in [-0.4, -0.2) is 16.3 Å². The number of nitrogens with one attached hydrogen (secondary N) is 1. The summed E-state index contributed by atoms with van der Waals surface area (Å²) in [7, 11) is 0. The molecule has 102 valence electrons. The number of carbonyl (C=O) groups excluding carboxylic acids is 1. The molecule has 0 saturated carbocycles. The highest BCUT2D eigenvalue weighted by Gasteiger charge is 2.21. The smallest absolute Gasteiger partial charge is 0.157 e. The predicted octanol–water partition coefficient (Wildman–Crippen LogP) is 2.36. The Balaban J connectivity index is 1.93. The van der Waals surface area contributed by atoms with Gasteiger partial charge in [0.25, 0.3) is 0 Å². The van der Waals surface area contributed by atoms with Crippen LogP contribution >= 0.6 is 0 Å². The molecule has 1 aliphatic carbocycles. The molecule has 1 unspecified atom stereocenters. The van der Waals surface area contributed by atoms with Gasteiger partial charge in [-0.05, 0) is 30.4 Å². The highest BCUT2D eigenvalue weighted by molar-refractivity contribution is 5.88. The van der Waals surface area contributed by atoms with E-state index < -0.39 is 0 Å². The number of rotatable bonds is 3. The zero-order valence-electron chi connectivity index (χ0n) is 11.0. The van der Waals surface area contributed by atoms with Crippen molar-refractivity contribution in [1.29, 1.82) is 0 Å². The van der Waals surface area contributed by atoms with Gasteiger partial charge in [-0.3, -0.25) is 4.79 Å². The topological polar surface area (TPSA) is 80.9 Å². The fourth-order valence-electron chi connectivity index (χ4n) is 2.71. The molecule has 1 aromatic heterocycles. The number of hydrogen-bond donors (Lipinski definition) is 2. The van der Waals surface area contributed by atoms with Gasteiger partial charge in [0.15, 0.2) is 6.29 Å². The SMILES string of the molecule is Nc1ncnc(NC2CCCc3ccccc32)c1C=O. The first-order chi connectivity index (χ1) is 9.79. The Hall–Kier alpha value is -2.43. The maximum Gasteiger partial charge on any atom is 0.157 e. The first-order valence-electron chi connectivity index (χ1n) is 6.69. The van der Waals surface area contributed by atoms with Gasteiger partial charge in [-0.1, -0.05) is 24.3 Å². The van der Waals surface area contributed by atoms with Crippen LogP contribution < -0.4 is 11.1 Å². The van der Waals surface area contributed by atoms with Crippen LogP contribution in [0.3, 0.4) is 0 Å². The van der Waals surface area contributed by atoms with E-state index in [0.29, 0.717) is 17.7 Å². The van der Waals surface area contributed by atoms with E-state index >= 15 is 0 Å². The maximum atomic E-state index is 11.1. The zero-order valence-corrected chi connectivity index (χ0v) is 11.0. The number of carbonyl (C=O) groups is 1. The Morgan fingerprint density at radius 1 is 1.30 bits per heavy atom. The van der Waals surface area contributed by atoms with Crippen molar-refractivity contribution in [3.8, 4) is 0 Å². The van der Waals surface area contributed by atoms with Crippen molar-refractivity contribution < 1.29 is 4.79 Å². The molecule has 5 heteroatoms. The summed E-state index contributed by atoms with van der Waals surface area (Å²) < 4.78 is 0. The fourth-order valence-corrected chi connectivity index (χ4v) is 2.71. The van der Waals surface area contributed by atoms with Crippen molar-refractivity contribution in [3.63, 3.8) is 0 Å². The van der Waals surface area contributed by atoms with E-state index in [1.807, 2.05) is 6.07 Å². The summed E-state index contributed by atoms with van der Waals surface area (Å²) >= 11 is 0. The molecule has 0 spiro atoms. The molecule has 20 heavy (non-hydrogen) atoms. The number of nitrogens with two attached hydrogens (primary N) is 1. The van der Waals surface area contributed by atoms with Crippen LogP contribution in [0.25, 0.3) is 0 Å². The predicted molar refractivity (Wildman–Crippen MR) is 77.6 cm³/mol. The van der Waals surface area contributed by atoms with E-state index in [9.17, 15) is 4.79 Å². The summed E-state index contributed by atoms with van der Waals surface area (Å²) in [5.74, 6) is 0.718. The third-order valence-electron chi connectivity index (χ3n) is 3.71. The third kappa shape index (κ3) is 2.22. The highest BCUT2D eigenvalue weighted by Crippen LogP contribution is 2.32. The van der Waals surface area contributed by atoms with Gasteiger partial charge in [0.05, 0.1) is 11.6 Å². The van der Waals surface area contributed by atoms with Gasteiger partial charge in [0, 0.05) is 0 Å². The monoisotopic (exact) mass is 268 g/mol. The lowest BCUT2D eigenvalue weighted by Gasteiger charge is -2.27. The number of aldehydes is 1. The summed E-state index contributed by atoms with van der Waals surface area (Å²) in [4.78, 5) is 19.1. The van der Waals surface area contributed by atoms with Gasteiger partial charge >= 0.3 is 0 Å². The van der Waals surface area contributed by atoms with Crippen LogP contribution in [0.4, 0.5) is 11.6 Å². The second kappa shape index (κ2) is 5.28. The zero-order chi connectivity index (χ0) is 13.9. The Labute approximate surface area is 117 Å². The molecule has 0 bridgehead atoms. The van der Waals surface area contributed by atoms with Crippen molar-refractivity contribution in [3.05, 3.63) is 47.3 Å². The van der Waals surface area contributed by atoms with Crippen molar-refractivity contribution >= 4 is 17.9 Å². The number of fused-ring (bicyclic) bond motifs is 1. The Morgan fingerprint density at radius 3 is 3.00 bits per heavy atom. The minimum atomic E-state index is 0.160. The first kappa shape index (κ1) is 12.6. The van der Waals surface area contributed by atoms with Crippen molar-refractivity contribution in [1.82, 2.24) is 9.97 Å². The van der Waals surface area contributed by atoms with Crippen LogP contribution in [0, 0.1) is 0 Å². The van der Waals surface area contributed by atoms with Crippen molar-refractivity contribution in [2.24, 2.45) is 0 Å². The minimum Gasteiger partial charge on any atom is -0.383 e. The molecule has 0 amide bonds. The second-order valence-corrected chi connectivity index (χ2v) is 4.93. The Morgan fingerprint density at radius 2 is 2.15 bits per heavy atom. The second-order valence-electron chi connectivity index (χ2n) is 4.93. The largest absolute Gasteiger partial charge is 0.383 e. The third-order valence-corrected chi connectivity index (χ3v) is 3.71. The molecular formula is C15H16N4O. The van der Waals surface area contributed by atoms with Gasteiger partial charge in [0.2, 0.25) is 0 Å². The molecule has 1 atom stereocenters. The van der Waals surface area contributed by atoms with Crippen LogP contribution in [-0.2, 0) is 6.42 Å². The Bertz CT molecular complexity index is 642. The lowest BCUT2D eigenvalue weighted by atomic mass is 9.87.